The van der Waals surface area contributed by atoms with Gasteiger partial charge in [0, 0.05) is 41.8 Å². The maximum Gasteiger partial charge on any atom is 0.256 e. The Labute approximate surface area is 177 Å². The summed E-state index contributed by atoms with van der Waals surface area (Å²) in [5, 5.41) is 3.99. The van der Waals surface area contributed by atoms with Crippen molar-refractivity contribution >= 4 is 28.2 Å². The van der Waals surface area contributed by atoms with Gasteiger partial charge in [-0.2, -0.15) is 0 Å². The molecule has 0 spiro atoms. The third-order valence-corrected chi connectivity index (χ3v) is 5.89. The Morgan fingerprint density at radius 3 is 2.67 bits per heavy atom. The van der Waals surface area contributed by atoms with E-state index in [0.29, 0.717) is 31.7 Å². The summed E-state index contributed by atoms with van der Waals surface area (Å²) in [6.45, 7) is 4.77. The highest BCUT2D eigenvalue weighted by Crippen LogP contribution is 2.29. The van der Waals surface area contributed by atoms with Crippen molar-refractivity contribution in [2.75, 3.05) is 18.4 Å². The molecule has 0 atom stereocenters. The minimum atomic E-state index is -1.10. The number of hydrogen-bond acceptors (Lipinski definition) is 6. The smallest absolute Gasteiger partial charge is 0.256 e. The van der Waals surface area contributed by atoms with Gasteiger partial charge in [0.1, 0.15) is 11.6 Å². The Kier molecular flexibility index (Phi) is 5.72. The monoisotopic (exact) mass is 429 g/mol. The standard InChI is InChI=1S/C21H21F2N5OS/c1-12-10-17(27-21-24-11-13(2)30-21)26-19(25-12)14-6-8-28(9-7-14)20(29)15-4-3-5-16(22)18(15)23/h3-5,10-11,14H,6-9H2,1-2H3,(H,24,25,26,27). The van der Waals surface area contributed by atoms with Crippen LogP contribution in [0.25, 0.3) is 0 Å². The van der Waals surface area contributed by atoms with Crippen molar-refractivity contribution in [2.45, 2.75) is 32.6 Å². The average molecular weight is 429 g/mol. The van der Waals surface area contributed by atoms with E-state index in [2.05, 4.69) is 20.3 Å². The molecule has 0 saturated carbocycles. The second kappa shape index (κ2) is 8.43. The topological polar surface area (TPSA) is 71.0 Å². The van der Waals surface area contributed by atoms with E-state index in [-0.39, 0.29) is 11.5 Å². The minimum absolute atomic E-state index is 0.0879. The number of hydrogen-bond donors (Lipinski definition) is 1. The van der Waals surface area contributed by atoms with E-state index in [9.17, 15) is 13.6 Å². The van der Waals surface area contributed by atoms with Gasteiger partial charge in [0.2, 0.25) is 0 Å². The van der Waals surface area contributed by atoms with Crippen LogP contribution in [0, 0.1) is 25.5 Å². The molecule has 2 aromatic heterocycles. The molecule has 0 unspecified atom stereocenters. The summed E-state index contributed by atoms with van der Waals surface area (Å²) in [5.74, 6) is -1.11. The molecule has 9 heteroatoms. The Bertz CT molecular complexity index is 1080. The number of rotatable bonds is 4. The second-order valence-corrected chi connectivity index (χ2v) is 8.56. The first-order valence-corrected chi connectivity index (χ1v) is 10.5. The fourth-order valence-electron chi connectivity index (χ4n) is 3.54. The maximum atomic E-state index is 14.0. The zero-order valence-corrected chi connectivity index (χ0v) is 17.5. The fourth-order valence-corrected chi connectivity index (χ4v) is 4.21. The molecule has 1 saturated heterocycles. The molecule has 6 nitrogen and oxygen atoms in total. The number of aryl methyl sites for hydroxylation is 2. The van der Waals surface area contributed by atoms with Gasteiger partial charge in [-0.25, -0.2) is 23.7 Å². The fraction of sp³-hybridized carbons (Fsp3) is 0.333. The molecule has 1 aliphatic rings. The Balaban J connectivity index is 1.45. The van der Waals surface area contributed by atoms with Crippen LogP contribution < -0.4 is 5.32 Å². The first-order valence-electron chi connectivity index (χ1n) is 9.69. The number of amides is 1. The van der Waals surface area contributed by atoms with Gasteiger partial charge in [-0.3, -0.25) is 4.79 Å². The number of thiazole rings is 1. The lowest BCUT2D eigenvalue weighted by atomic mass is 9.95. The predicted octanol–water partition coefficient (Wildman–Crippen LogP) is 4.59. The normalized spacial score (nSPS) is 14.7. The number of nitrogens with zero attached hydrogens (tertiary/aromatic N) is 4. The van der Waals surface area contributed by atoms with Gasteiger partial charge in [-0.05, 0) is 38.8 Å². The van der Waals surface area contributed by atoms with E-state index in [1.165, 1.54) is 12.1 Å². The number of carbonyl (C=O) groups excluding carboxylic acids is 1. The molecule has 156 valence electrons. The molecule has 1 N–H and O–H groups in total. The van der Waals surface area contributed by atoms with Crippen LogP contribution >= 0.6 is 11.3 Å². The molecule has 3 aromatic rings. The minimum Gasteiger partial charge on any atom is -0.339 e. The van der Waals surface area contributed by atoms with Crippen molar-refractivity contribution in [1.82, 2.24) is 19.9 Å². The molecule has 0 radical (unpaired) electrons. The van der Waals surface area contributed by atoms with Crippen molar-refractivity contribution in [1.29, 1.82) is 0 Å². The Morgan fingerprint density at radius 1 is 1.20 bits per heavy atom. The van der Waals surface area contributed by atoms with E-state index < -0.39 is 17.5 Å². The molecular formula is C21H21F2N5OS. The first-order chi connectivity index (χ1) is 14.4. The zero-order chi connectivity index (χ0) is 21.3. The van der Waals surface area contributed by atoms with E-state index in [0.717, 1.165) is 27.6 Å². The van der Waals surface area contributed by atoms with Crippen molar-refractivity contribution in [3.05, 3.63) is 64.1 Å². The van der Waals surface area contributed by atoms with Gasteiger partial charge in [0.25, 0.3) is 5.91 Å². The summed E-state index contributed by atoms with van der Waals surface area (Å²) < 4.78 is 27.4. The number of nitrogens with one attached hydrogen (secondary N) is 1. The summed E-state index contributed by atoms with van der Waals surface area (Å²) in [6, 6.07) is 5.53. The molecule has 1 aromatic carbocycles. The summed E-state index contributed by atoms with van der Waals surface area (Å²) in [6.07, 6.45) is 3.11. The highest BCUT2D eigenvalue weighted by Gasteiger charge is 2.28. The highest BCUT2D eigenvalue weighted by atomic mass is 32.1. The van der Waals surface area contributed by atoms with Crippen molar-refractivity contribution in [2.24, 2.45) is 0 Å². The Morgan fingerprint density at radius 2 is 1.97 bits per heavy atom. The molecule has 1 fully saturated rings. The average Bonchev–Trinajstić information content (AvgIpc) is 3.14. The summed E-state index contributed by atoms with van der Waals surface area (Å²) in [4.78, 5) is 28.8. The van der Waals surface area contributed by atoms with Crippen LogP contribution in [0.3, 0.4) is 0 Å². The lowest BCUT2D eigenvalue weighted by Gasteiger charge is -2.31. The highest BCUT2D eigenvalue weighted by molar-refractivity contribution is 7.15. The summed E-state index contributed by atoms with van der Waals surface area (Å²) >= 11 is 1.55. The number of aromatic nitrogens is 3. The van der Waals surface area contributed by atoms with Crippen molar-refractivity contribution in [3.8, 4) is 0 Å². The van der Waals surface area contributed by atoms with E-state index >= 15 is 0 Å². The van der Waals surface area contributed by atoms with Crippen LogP contribution in [0.2, 0.25) is 0 Å². The number of carbonyl (C=O) groups is 1. The predicted molar refractivity (Wildman–Crippen MR) is 111 cm³/mol. The van der Waals surface area contributed by atoms with Crippen LogP contribution in [-0.2, 0) is 0 Å². The summed E-state index contributed by atoms with van der Waals surface area (Å²) in [7, 11) is 0. The zero-order valence-electron chi connectivity index (χ0n) is 16.7. The van der Waals surface area contributed by atoms with Gasteiger partial charge in [-0.1, -0.05) is 6.07 Å². The van der Waals surface area contributed by atoms with Crippen LogP contribution in [0.5, 0.6) is 0 Å². The van der Waals surface area contributed by atoms with Crippen LogP contribution in [-0.4, -0.2) is 38.8 Å². The number of anilines is 2. The molecule has 1 aliphatic heterocycles. The molecule has 0 aliphatic carbocycles. The lowest BCUT2D eigenvalue weighted by molar-refractivity contribution is 0.0705. The van der Waals surface area contributed by atoms with E-state index in [4.69, 9.17) is 0 Å². The van der Waals surface area contributed by atoms with Crippen molar-refractivity contribution < 1.29 is 13.6 Å². The second-order valence-electron chi connectivity index (χ2n) is 7.32. The molecule has 1 amide bonds. The van der Waals surface area contributed by atoms with Crippen LogP contribution in [0.15, 0.2) is 30.5 Å². The third kappa shape index (κ3) is 4.30. The number of piperidine rings is 1. The maximum absolute atomic E-state index is 14.0. The quantitative estimate of drug-likeness (QED) is 0.657. The Hall–Kier alpha value is -2.94. The molecule has 3 heterocycles. The SMILES string of the molecule is Cc1cc(Nc2ncc(C)s2)nc(C2CCN(C(=O)c3cccc(F)c3F)CC2)n1. The van der Waals surface area contributed by atoms with E-state index in [1.807, 2.05) is 19.9 Å². The molecular weight excluding hydrogens is 408 g/mol. The third-order valence-electron chi connectivity index (χ3n) is 5.06. The molecule has 30 heavy (non-hydrogen) atoms. The number of benzene rings is 1. The van der Waals surface area contributed by atoms with Crippen molar-refractivity contribution in [3.63, 3.8) is 0 Å². The number of halogens is 2. The van der Waals surface area contributed by atoms with Gasteiger partial charge >= 0.3 is 0 Å². The van der Waals surface area contributed by atoms with E-state index in [1.54, 1.807) is 22.4 Å². The lowest BCUT2D eigenvalue weighted by Crippen LogP contribution is -2.38. The first kappa shape index (κ1) is 20.3. The van der Waals surface area contributed by atoms with Gasteiger partial charge < -0.3 is 10.2 Å². The molecule has 0 bridgehead atoms. The van der Waals surface area contributed by atoms with Gasteiger partial charge in [-0.15, -0.1) is 11.3 Å². The van der Waals surface area contributed by atoms with Crippen LogP contribution in [0.1, 0.15) is 45.5 Å². The van der Waals surface area contributed by atoms with Crippen LogP contribution in [0.4, 0.5) is 19.7 Å². The summed E-state index contributed by atoms with van der Waals surface area (Å²) in [5.41, 5.74) is 0.613. The largest absolute Gasteiger partial charge is 0.339 e. The van der Waals surface area contributed by atoms with Gasteiger partial charge in [0.15, 0.2) is 16.8 Å². The molecule has 4 rings (SSSR count). The number of likely N-dealkylation sites (tertiary alicyclic amines) is 1. The van der Waals surface area contributed by atoms with Gasteiger partial charge in [0.05, 0.1) is 5.56 Å².